The molecule has 3 amide bonds. The smallest absolute Gasteiger partial charge is 0.339 e. The van der Waals surface area contributed by atoms with E-state index in [-0.39, 0.29) is 35.4 Å². The number of nitrogens with one attached hydrogen (secondary N) is 2. The van der Waals surface area contributed by atoms with Gasteiger partial charge >= 0.3 is 16.1 Å². The minimum atomic E-state index is -4.29. The first-order chi connectivity index (χ1) is 20.6. The lowest BCUT2D eigenvalue weighted by molar-refractivity contribution is -0.114. The van der Waals surface area contributed by atoms with Crippen molar-refractivity contribution in [1.29, 1.82) is 0 Å². The van der Waals surface area contributed by atoms with Gasteiger partial charge in [-0.15, -0.1) is 0 Å². The number of halogens is 1. The Balaban J connectivity index is 1.61. The Hall–Kier alpha value is -5.10. The zero-order valence-electron chi connectivity index (χ0n) is 23.7. The molecule has 4 aromatic rings. The van der Waals surface area contributed by atoms with Crippen molar-refractivity contribution in [2.75, 3.05) is 24.9 Å². The van der Waals surface area contributed by atoms with Crippen molar-refractivity contribution in [3.8, 4) is 17.2 Å². The fraction of sp³-hybridized carbons (Fsp3) is 0.161. The molecule has 0 aliphatic rings. The Labute approximate surface area is 249 Å². The molecule has 0 aliphatic heterocycles. The summed E-state index contributed by atoms with van der Waals surface area (Å²) in [6.07, 6.45) is 0. The molecule has 10 nitrogen and oxygen atoms in total. The Morgan fingerprint density at radius 3 is 2.05 bits per heavy atom. The maximum absolute atomic E-state index is 13.5. The van der Waals surface area contributed by atoms with Crippen LogP contribution >= 0.6 is 0 Å². The number of methoxy groups -OCH3 is 2. The zero-order chi connectivity index (χ0) is 31.0. The van der Waals surface area contributed by atoms with Crippen LogP contribution in [0.3, 0.4) is 0 Å². The molecule has 0 heterocycles. The second-order valence-corrected chi connectivity index (χ2v) is 10.9. The lowest BCUT2D eigenvalue weighted by Gasteiger charge is -2.24. The molecule has 0 bridgehead atoms. The van der Waals surface area contributed by atoms with Crippen LogP contribution in [0.15, 0.2) is 95.9 Å². The molecule has 0 saturated carbocycles. The van der Waals surface area contributed by atoms with E-state index in [1.165, 1.54) is 74.6 Å². The standard InChI is InChI=1S/C31H30FN3O7S/c1-21(36)33-25-13-15-26(16-14-25)43(38,39)42-30-18-23(10-17-29(30)41-3)20-35(19-22-8-11-24(32)12-9-22)31(37)34-27-6-4-5-7-28(27)40-2/h4-18H,19-20H2,1-3H3,(H,33,36)(H,34,37). The van der Waals surface area contributed by atoms with Gasteiger partial charge in [0.1, 0.15) is 16.5 Å². The average molecular weight is 608 g/mol. The summed E-state index contributed by atoms with van der Waals surface area (Å²) in [7, 11) is -1.42. The summed E-state index contributed by atoms with van der Waals surface area (Å²) in [5.74, 6) is -0.160. The number of benzene rings is 4. The summed E-state index contributed by atoms with van der Waals surface area (Å²) >= 11 is 0. The van der Waals surface area contributed by atoms with E-state index >= 15 is 0 Å². The van der Waals surface area contributed by atoms with Crippen LogP contribution in [0, 0.1) is 5.82 Å². The number of hydrogen-bond acceptors (Lipinski definition) is 7. The van der Waals surface area contributed by atoms with Crippen molar-refractivity contribution < 1.29 is 36.1 Å². The highest BCUT2D eigenvalue weighted by atomic mass is 32.2. The van der Waals surface area contributed by atoms with Gasteiger partial charge in [-0.2, -0.15) is 8.42 Å². The van der Waals surface area contributed by atoms with Gasteiger partial charge in [0, 0.05) is 25.7 Å². The van der Waals surface area contributed by atoms with Gasteiger partial charge in [0.05, 0.1) is 19.9 Å². The van der Waals surface area contributed by atoms with Crippen LogP contribution in [0.2, 0.25) is 0 Å². The Bertz CT molecular complexity index is 1700. The number of para-hydroxylation sites is 2. The van der Waals surface area contributed by atoms with Crippen LogP contribution in [0.1, 0.15) is 18.1 Å². The van der Waals surface area contributed by atoms with E-state index in [1.54, 1.807) is 42.5 Å². The molecular weight excluding hydrogens is 577 g/mol. The van der Waals surface area contributed by atoms with E-state index in [2.05, 4.69) is 10.6 Å². The van der Waals surface area contributed by atoms with Crippen molar-refractivity contribution in [3.05, 3.63) is 108 Å². The molecule has 12 heteroatoms. The lowest BCUT2D eigenvalue weighted by Crippen LogP contribution is -2.34. The van der Waals surface area contributed by atoms with Gasteiger partial charge in [0.15, 0.2) is 11.5 Å². The van der Waals surface area contributed by atoms with Gasteiger partial charge < -0.3 is 29.2 Å². The molecule has 0 atom stereocenters. The molecule has 0 radical (unpaired) electrons. The summed E-state index contributed by atoms with van der Waals surface area (Å²) in [6.45, 7) is 1.49. The first kappa shape index (κ1) is 30.8. The number of rotatable bonds is 11. The zero-order valence-corrected chi connectivity index (χ0v) is 24.5. The lowest BCUT2D eigenvalue weighted by atomic mass is 10.1. The fourth-order valence-corrected chi connectivity index (χ4v) is 5.06. The van der Waals surface area contributed by atoms with Crippen molar-refractivity contribution in [2.24, 2.45) is 0 Å². The topological polar surface area (TPSA) is 123 Å². The number of anilines is 2. The second kappa shape index (κ2) is 13.7. The Kier molecular flexibility index (Phi) is 9.83. The van der Waals surface area contributed by atoms with Crippen LogP contribution in [-0.4, -0.2) is 39.5 Å². The molecule has 43 heavy (non-hydrogen) atoms. The number of nitrogens with zero attached hydrogens (tertiary/aromatic N) is 1. The van der Waals surface area contributed by atoms with Gasteiger partial charge in [0.2, 0.25) is 5.91 Å². The van der Waals surface area contributed by atoms with E-state index in [0.29, 0.717) is 28.3 Å². The van der Waals surface area contributed by atoms with Gasteiger partial charge in [0.25, 0.3) is 0 Å². The normalized spacial score (nSPS) is 10.9. The summed E-state index contributed by atoms with van der Waals surface area (Å²) in [5, 5.41) is 5.41. The molecule has 2 N–H and O–H groups in total. The highest BCUT2D eigenvalue weighted by Crippen LogP contribution is 2.32. The monoisotopic (exact) mass is 607 g/mol. The minimum Gasteiger partial charge on any atom is -0.495 e. The minimum absolute atomic E-state index is 0.0319. The van der Waals surface area contributed by atoms with Crippen molar-refractivity contribution in [1.82, 2.24) is 4.90 Å². The number of carbonyl (C=O) groups excluding carboxylic acids is 2. The molecular formula is C31H30FN3O7S. The highest BCUT2D eigenvalue weighted by Gasteiger charge is 2.22. The number of amides is 3. The quantitative estimate of drug-likeness (QED) is 0.207. The number of carbonyl (C=O) groups is 2. The maximum Gasteiger partial charge on any atom is 0.339 e. The predicted octanol–water partition coefficient (Wildman–Crippen LogP) is 5.80. The number of urea groups is 1. The molecule has 0 fully saturated rings. The first-order valence-corrected chi connectivity index (χ1v) is 14.4. The number of hydrogen-bond donors (Lipinski definition) is 2. The fourth-order valence-electron chi connectivity index (χ4n) is 4.13. The first-order valence-electron chi connectivity index (χ1n) is 13.0. The van der Waals surface area contributed by atoms with E-state index in [1.807, 2.05) is 0 Å². The summed E-state index contributed by atoms with van der Waals surface area (Å²) in [6, 6.07) is 22.4. The van der Waals surface area contributed by atoms with Gasteiger partial charge in [-0.1, -0.05) is 30.3 Å². The second-order valence-electron chi connectivity index (χ2n) is 9.34. The van der Waals surface area contributed by atoms with Crippen LogP contribution in [-0.2, 0) is 28.0 Å². The largest absolute Gasteiger partial charge is 0.495 e. The van der Waals surface area contributed by atoms with E-state index < -0.39 is 22.0 Å². The van der Waals surface area contributed by atoms with Gasteiger partial charge in [-0.05, 0) is 71.8 Å². The van der Waals surface area contributed by atoms with Crippen molar-refractivity contribution in [2.45, 2.75) is 24.9 Å². The van der Waals surface area contributed by atoms with E-state index in [0.717, 1.165) is 0 Å². The third-order valence-corrected chi connectivity index (χ3v) is 7.44. The van der Waals surface area contributed by atoms with E-state index in [4.69, 9.17) is 13.7 Å². The predicted molar refractivity (Wildman–Crippen MR) is 159 cm³/mol. The molecule has 4 aromatic carbocycles. The Morgan fingerprint density at radius 2 is 1.40 bits per heavy atom. The van der Waals surface area contributed by atoms with Crippen molar-refractivity contribution >= 4 is 33.4 Å². The van der Waals surface area contributed by atoms with Crippen LogP contribution < -0.4 is 24.3 Å². The molecule has 0 unspecified atom stereocenters. The average Bonchev–Trinajstić information content (AvgIpc) is 2.98. The van der Waals surface area contributed by atoms with Gasteiger partial charge in [-0.25, -0.2) is 9.18 Å². The SMILES string of the molecule is COc1ccccc1NC(=O)N(Cc1ccc(F)cc1)Cc1ccc(OC)c(OS(=O)(=O)c2ccc(NC(C)=O)cc2)c1. The van der Waals surface area contributed by atoms with Gasteiger partial charge in [-0.3, -0.25) is 4.79 Å². The molecule has 0 aliphatic carbocycles. The molecule has 0 spiro atoms. The van der Waals surface area contributed by atoms with Crippen LogP contribution in [0.4, 0.5) is 20.6 Å². The van der Waals surface area contributed by atoms with Crippen LogP contribution in [0.25, 0.3) is 0 Å². The third kappa shape index (κ3) is 8.23. The highest BCUT2D eigenvalue weighted by molar-refractivity contribution is 7.87. The summed E-state index contributed by atoms with van der Waals surface area (Å²) < 4.78 is 55.9. The molecule has 4 rings (SSSR count). The summed E-state index contributed by atoms with van der Waals surface area (Å²) in [4.78, 5) is 26.1. The third-order valence-electron chi connectivity index (χ3n) is 6.19. The number of ether oxygens (including phenoxy) is 2. The molecule has 224 valence electrons. The van der Waals surface area contributed by atoms with Crippen molar-refractivity contribution in [3.63, 3.8) is 0 Å². The summed E-state index contributed by atoms with van der Waals surface area (Å²) in [5.41, 5.74) is 2.09. The maximum atomic E-state index is 13.5. The molecule has 0 aromatic heterocycles. The van der Waals surface area contributed by atoms with Crippen LogP contribution in [0.5, 0.6) is 17.2 Å². The van der Waals surface area contributed by atoms with E-state index in [9.17, 15) is 22.4 Å². The molecule has 0 saturated heterocycles. The Morgan fingerprint density at radius 1 is 0.767 bits per heavy atom.